The van der Waals surface area contributed by atoms with E-state index in [4.69, 9.17) is 24.0 Å². The van der Waals surface area contributed by atoms with Crippen molar-refractivity contribution in [1.82, 2.24) is 14.8 Å². The molecule has 30 heavy (non-hydrogen) atoms. The summed E-state index contributed by atoms with van der Waals surface area (Å²) < 4.78 is 37.1. The molecule has 0 bridgehead atoms. The molecule has 154 valence electrons. The Morgan fingerprint density at radius 1 is 0.833 bits per heavy atom. The maximum Gasteiger partial charge on any atom is 0.203 e. The minimum Gasteiger partial charge on any atom is -0.496 e. The summed E-state index contributed by atoms with van der Waals surface area (Å²) in [6.45, 7) is 0. The predicted molar refractivity (Wildman–Crippen MR) is 110 cm³/mol. The van der Waals surface area contributed by atoms with Crippen LogP contribution >= 0.6 is 0 Å². The maximum atomic E-state index is 13.7. The second-order valence-corrected chi connectivity index (χ2v) is 6.36. The van der Waals surface area contributed by atoms with Crippen molar-refractivity contribution in [1.29, 1.82) is 0 Å². The molecule has 0 spiro atoms. The van der Waals surface area contributed by atoms with Gasteiger partial charge in [-0.25, -0.2) is 14.1 Å². The Kier molecular flexibility index (Phi) is 5.14. The molecule has 0 saturated carbocycles. The molecule has 8 heteroatoms. The maximum absolute atomic E-state index is 13.7. The first-order valence-electron chi connectivity index (χ1n) is 9.09. The SMILES string of the molecule is COc1cc(F)ccc1-c1nn(-c2cc(OC)c(OC)c(OC)c2)c2ncccc12. The van der Waals surface area contributed by atoms with Crippen molar-refractivity contribution in [3.8, 4) is 39.9 Å². The van der Waals surface area contributed by atoms with Gasteiger partial charge in [0.15, 0.2) is 17.1 Å². The molecule has 0 atom stereocenters. The van der Waals surface area contributed by atoms with Gasteiger partial charge >= 0.3 is 0 Å². The van der Waals surface area contributed by atoms with Crippen molar-refractivity contribution in [3.05, 3.63) is 54.5 Å². The summed E-state index contributed by atoms with van der Waals surface area (Å²) >= 11 is 0. The Morgan fingerprint density at radius 3 is 2.17 bits per heavy atom. The van der Waals surface area contributed by atoms with E-state index in [9.17, 15) is 4.39 Å². The summed E-state index contributed by atoms with van der Waals surface area (Å²) in [7, 11) is 6.14. The molecule has 0 amide bonds. The summed E-state index contributed by atoms with van der Waals surface area (Å²) in [4.78, 5) is 4.50. The molecule has 0 saturated heterocycles. The molecule has 2 aromatic carbocycles. The Morgan fingerprint density at radius 2 is 1.53 bits per heavy atom. The number of nitrogens with zero attached hydrogens (tertiary/aromatic N) is 3. The van der Waals surface area contributed by atoms with Crippen molar-refractivity contribution in [2.75, 3.05) is 28.4 Å². The molecular weight excluding hydrogens is 389 g/mol. The number of ether oxygens (including phenoxy) is 4. The van der Waals surface area contributed by atoms with E-state index in [0.29, 0.717) is 45.6 Å². The van der Waals surface area contributed by atoms with Crippen molar-refractivity contribution in [3.63, 3.8) is 0 Å². The normalized spacial score (nSPS) is 10.8. The molecule has 7 nitrogen and oxygen atoms in total. The van der Waals surface area contributed by atoms with Gasteiger partial charge in [0.2, 0.25) is 5.75 Å². The minimum atomic E-state index is -0.387. The average Bonchev–Trinajstić information content (AvgIpc) is 3.17. The van der Waals surface area contributed by atoms with E-state index in [-0.39, 0.29) is 5.82 Å². The van der Waals surface area contributed by atoms with Gasteiger partial charge in [0.05, 0.1) is 34.1 Å². The number of hydrogen-bond acceptors (Lipinski definition) is 6. The standard InChI is InChI=1S/C22H20FN3O4/c1-27-17-10-13(23)7-8-15(17)20-16-6-5-9-24-22(16)26(25-20)14-11-18(28-2)21(30-4)19(12-14)29-3/h5-12H,1-4H3. The molecule has 0 aliphatic carbocycles. The highest BCUT2D eigenvalue weighted by Crippen LogP contribution is 2.41. The van der Waals surface area contributed by atoms with Crippen LogP contribution in [0.2, 0.25) is 0 Å². The lowest BCUT2D eigenvalue weighted by atomic mass is 10.1. The van der Waals surface area contributed by atoms with E-state index in [2.05, 4.69) is 4.98 Å². The number of aromatic nitrogens is 3. The third-order valence-electron chi connectivity index (χ3n) is 4.76. The third-order valence-corrected chi connectivity index (χ3v) is 4.76. The first kappa shape index (κ1) is 19.5. The zero-order valence-electron chi connectivity index (χ0n) is 17.0. The summed E-state index contributed by atoms with van der Waals surface area (Å²) in [5.41, 5.74) is 2.56. The van der Waals surface area contributed by atoms with E-state index < -0.39 is 0 Å². The van der Waals surface area contributed by atoms with Crippen LogP contribution in [0.15, 0.2) is 48.7 Å². The van der Waals surface area contributed by atoms with Crippen LogP contribution < -0.4 is 18.9 Å². The summed E-state index contributed by atoms with van der Waals surface area (Å²) in [6, 6.07) is 11.6. The molecule has 0 radical (unpaired) electrons. The Hall–Kier alpha value is -3.81. The van der Waals surface area contributed by atoms with E-state index in [0.717, 1.165) is 5.39 Å². The smallest absolute Gasteiger partial charge is 0.203 e. The molecule has 4 aromatic rings. The van der Waals surface area contributed by atoms with Crippen molar-refractivity contribution < 1.29 is 23.3 Å². The van der Waals surface area contributed by atoms with Crippen LogP contribution in [0.3, 0.4) is 0 Å². The minimum absolute atomic E-state index is 0.385. The summed E-state index contributed by atoms with van der Waals surface area (Å²) in [5, 5.41) is 5.56. The van der Waals surface area contributed by atoms with Crippen LogP contribution in [0, 0.1) is 5.82 Å². The lowest BCUT2D eigenvalue weighted by Gasteiger charge is -2.14. The average molecular weight is 409 g/mol. The van der Waals surface area contributed by atoms with Crippen LogP contribution in [0.5, 0.6) is 23.0 Å². The lowest BCUT2D eigenvalue weighted by molar-refractivity contribution is 0.324. The van der Waals surface area contributed by atoms with Crippen molar-refractivity contribution >= 4 is 11.0 Å². The summed E-state index contributed by atoms with van der Waals surface area (Å²) in [5.74, 6) is 1.46. The molecule has 0 fully saturated rings. The fraction of sp³-hybridized carbons (Fsp3) is 0.182. The second-order valence-electron chi connectivity index (χ2n) is 6.36. The number of rotatable bonds is 6. The number of fused-ring (bicyclic) bond motifs is 1. The monoisotopic (exact) mass is 409 g/mol. The van der Waals surface area contributed by atoms with Crippen LogP contribution in [0.1, 0.15) is 0 Å². The zero-order valence-corrected chi connectivity index (χ0v) is 17.0. The van der Waals surface area contributed by atoms with Crippen molar-refractivity contribution in [2.45, 2.75) is 0 Å². The van der Waals surface area contributed by atoms with Gasteiger partial charge in [-0.3, -0.25) is 0 Å². The quantitative estimate of drug-likeness (QED) is 0.474. The Bertz CT molecular complexity index is 1200. The molecule has 0 aliphatic rings. The predicted octanol–water partition coefficient (Wildman–Crippen LogP) is 4.26. The number of pyridine rings is 1. The fourth-order valence-electron chi connectivity index (χ4n) is 3.38. The van der Waals surface area contributed by atoms with Crippen LogP contribution in [-0.4, -0.2) is 43.2 Å². The van der Waals surface area contributed by atoms with Gasteiger partial charge in [0.1, 0.15) is 17.3 Å². The van der Waals surface area contributed by atoms with Gasteiger partial charge in [-0.2, -0.15) is 5.10 Å². The van der Waals surface area contributed by atoms with Crippen molar-refractivity contribution in [2.24, 2.45) is 0 Å². The van der Waals surface area contributed by atoms with Gasteiger partial charge in [0.25, 0.3) is 0 Å². The first-order valence-corrected chi connectivity index (χ1v) is 9.09. The number of hydrogen-bond donors (Lipinski definition) is 0. The van der Waals surface area contributed by atoms with Gasteiger partial charge in [0, 0.05) is 35.3 Å². The number of halogens is 1. The molecule has 2 aromatic heterocycles. The zero-order chi connectivity index (χ0) is 21.3. The van der Waals surface area contributed by atoms with Gasteiger partial charge in [-0.05, 0) is 24.3 Å². The van der Waals surface area contributed by atoms with E-state index in [1.807, 2.05) is 12.1 Å². The van der Waals surface area contributed by atoms with Crippen LogP contribution in [0.25, 0.3) is 28.0 Å². The first-order chi connectivity index (χ1) is 14.6. The Balaban J connectivity index is 1.99. The fourth-order valence-corrected chi connectivity index (χ4v) is 3.38. The van der Waals surface area contributed by atoms with Crippen LogP contribution in [-0.2, 0) is 0 Å². The number of benzene rings is 2. The highest BCUT2D eigenvalue weighted by Gasteiger charge is 2.20. The van der Waals surface area contributed by atoms with E-state index in [1.54, 1.807) is 50.4 Å². The Labute approximate surface area is 172 Å². The highest BCUT2D eigenvalue weighted by molar-refractivity contribution is 5.93. The third kappa shape index (κ3) is 3.16. The molecule has 4 rings (SSSR count). The van der Waals surface area contributed by atoms with Gasteiger partial charge < -0.3 is 18.9 Å². The molecule has 0 aliphatic heterocycles. The van der Waals surface area contributed by atoms with Gasteiger partial charge in [-0.15, -0.1) is 0 Å². The van der Waals surface area contributed by atoms with Gasteiger partial charge in [-0.1, -0.05) is 0 Å². The van der Waals surface area contributed by atoms with E-state index >= 15 is 0 Å². The largest absolute Gasteiger partial charge is 0.496 e. The second kappa shape index (κ2) is 7.90. The topological polar surface area (TPSA) is 67.6 Å². The molecule has 2 heterocycles. The van der Waals surface area contributed by atoms with E-state index in [1.165, 1.54) is 19.2 Å². The summed E-state index contributed by atoms with van der Waals surface area (Å²) in [6.07, 6.45) is 1.68. The molecule has 0 N–H and O–H groups in total. The molecular formula is C22H20FN3O4. The lowest BCUT2D eigenvalue weighted by Crippen LogP contribution is -2.02. The van der Waals surface area contributed by atoms with Crippen LogP contribution in [0.4, 0.5) is 4.39 Å². The highest BCUT2D eigenvalue weighted by atomic mass is 19.1. The number of methoxy groups -OCH3 is 4. The molecule has 0 unspecified atom stereocenters.